The molecule has 2 heterocycles. The molecular weight excluding hydrogens is 475 g/mol. The van der Waals surface area contributed by atoms with E-state index in [9.17, 15) is 18.0 Å². The summed E-state index contributed by atoms with van der Waals surface area (Å²) < 4.78 is 27.4. The van der Waals surface area contributed by atoms with Crippen molar-refractivity contribution in [2.75, 3.05) is 14.9 Å². The average molecular weight is 489 g/mol. The van der Waals surface area contributed by atoms with Crippen LogP contribution in [0.4, 0.5) is 17.2 Å². The fraction of sp³-hybridized carbons (Fsp3) is 0. The van der Waals surface area contributed by atoms with E-state index >= 15 is 0 Å². The van der Waals surface area contributed by atoms with Gasteiger partial charge in [-0.1, -0.05) is 35.3 Å². The Labute approximate surface area is 193 Å². The van der Waals surface area contributed by atoms with Crippen LogP contribution in [0.15, 0.2) is 88.6 Å². The van der Waals surface area contributed by atoms with Gasteiger partial charge in [-0.2, -0.15) is 0 Å². The SMILES string of the molecule is O=C1C(Cl)=C(Nc2ccc(S(=O)(=O)Nc3ccccn3)cc2)C(=O)N1c1cccc(Cl)c1. The number of anilines is 3. The van der Waals surface area contributed by atoms with Crippen molar-refractivity contribution in [2.45, 2.75) is 4.90 Å². The molecule has 1 aliphatic heterocycles. The molecule has 0 aliphatic carbocycles. The Morgan fingerprint density at radius 1 is 0.875 bits per heavy atom. The number of nitrogens with zero attached hydrogens (tertiary/aromatic N) is 2. The maximum Gasteiger partial charge on any atom is 0.283 e. The Morgan fingerprint density at radius 3 is 2.28 bits per heavy atom. The summed E-state index contributed by atoms with van der Waals surface area (Å²) in [5.41, 5.74) is 0.521. The van der Waals surface area contributed by atoms with Gasteiger partial charge in [-0.05, 0) is 54.6 Å². The highest BCUT2D eigenvalue weighted by Gasteiger charge is 2.39. The number of nitrogens with one attached hydrogen (secondary N) is 2. The summed E-state index contributed by atoms with van der Waals surface area (Å²) in [6.07, 6.45) is 1.47. The third-order valence-electron chi connectivity index (χ3n) is 4.43. The van der Waals surface area contributed by atoms with Crippen molar-refractivity contribution >= 4 is 62.2 Å². The Kier molecular flexibility index (Phi) is 5.88. The van der Waals surface area contributed by atoms with Gasteiger partial charge in [-0.15, -0.1) is 0 Å². The number of imide groups is 1. The Morgan fingerprint density at radius 2 is 1.62 bits per heavy atom. The van der Waals surface area contributed by atoms with Crippen molar-refractivity contribution in [3.63, 3.8) is 0 Å². The number of carbonyl (C=O) groups excluding carboxylic acids is 2. The van der Waals surface area contributed by atoms with E-state index in [1.165, 1.54) is 42.6 Å². The van der Waals surface area contributed by atoms with Gasteiger partial charge in [0.15, 0.2) is 0 Å². The van der Waals surface area contributed by atoms with Crippen LogP contribution < -0.4 is 14.9 Å². The summed E-state index contributed by atoms with van der Waals surface area (Å²) in [7, 11) is -3.86. The first-order valence-electron chi connectivity index (χ1n) is 9.11. The van der Waals surface area contributed by atoms with Crippen LogP contribution >= 0.6 is 23.2 Å². The summed E-state index contributed by atoms with van der Waals surface area (Å²) in [6, 6.07) is 16.7. The predicted molar refractivity (Wildman–Crippen MR) is 122 cm³/mol. The molecule has 0 radical (unpaired) electrons. The molecule has 0 unspecified atom stereocenters. The van der Waals surface area contributed by atoms with Crippen LogP contribution in [0.25, 0.3) is 0 Å². The Bertz CT molecular complexity index is 1340. The zero-order valence-electron chi connectivity index (χ0n) is 16.1. The van der Waals surface area contributed by atoms with E-state index in [0.29, 0.717) is 10.7 Å². The number of hydrogen-bond acceptors (Lipinski definition) is 6. The van der Waals surface area contributed by atoms with Crippen molar-refractivity contribution in [3.05, 3.63) is 88.7 Å². The van der Waals surface area contributed by atoms with Crippen molar-refractivity contribution in [1.29, 1.82) is 0 Å². The molecule has 32 heavy (non-hydrogen) atoms. The number of carbonyl (C=O) groups is 2. The molecule has 2 aromatic carbocycles. The van der Waals surface area contributed by atoms with Gasteiger partial charge in [0.2, 0.25) is 0 Å². The smallest absolute Gasteiger partial charge is 0.283 e. The van der Waals surface area contributed by atoms with Crippen molar-refractivity contribution in [3.8, 4) is 0 Å². The summed E-state index contributed by atoms with van der Waals surface area (Å²) in [5, 5.41) is 2.86. The lowest BCUT2D eigenvalue weighted by Gasteiger charge is -2.15. The molecule has 8 nitrogen and oxygen atoms in total. The third kappa shape index (κ3) is 4.31. The fourth-order valence-electron chi connectivity index (χ4n) is 2.94. The normalized spacial score (nSPS) is 14.1. The van der Waals surface area contributed by atoms with E-state index in [4.69, 9.17) is 23.2 Å². The molecule has 2 N–H and O–H groups in total. The molecule has 0 fully saturated rings. The van der Waals surface area contributed by atoms with Crippen molar-refractivity contribution < 1.29 is 18.0 Å². The van der Waals surface area contributed by atoms with Gasteiger partial charge >= 0.3 is 0 Å². The molecule has 0 atom stereocenters. The number of benzene rings is 2. The van der Waals surface area contributed by atoms with Crippen LogP contribution in [-0.2, 0) is 19.6 Å². The number of halogens is 2. The lowest BCUT2D eigenvalue weighted by molar-refractivity contribution is -0.120. The first-order chi connectivity index (χ1) is 15.3. The predicted octanol–water partition coefficient (Wildman–Crippen LogP) is 3.97. The number of aromatic nitrogens is 1. The minimum absolute atomic E-state index is 0.0110. The van der Waals surface area contributed by atoms with Crippen molar-refractivity contribution in [1.82, 2.24) is 4.98 Å². The van der Waals surface area contributed by atoms with Gasteiger partial charge in [0.1, 0.15) is 16.5 Å². The Hall–Kier alpha value is -3.40. The molecule has 4 rings (SSSR count). The number of sulfonamides is 1. The Balaban J connectivity index is 1.53. The number of pyridine rings is 1. The summed E-state index contributed by atoms with van der Waals surface area (Å²) in [5.74, 6) is -1.17. The van der Waals surface area contributed by atoms with E-state index in [-0.39, 0.29) is 27.1 Å². The number of rotatable bonds is 6. The van der Waals surface area contributed by atoms with Gasteiger partial charge in [0, 0.05) is 16.9 Å². The highest BCUT2D eigenvalue weighted by molar-refractivity contribution is 7.92. The van der Waals surface area contributed by atoms with E-state index in [2.05, 4.69) is 15.0 Å². The van der Waals surface area contributed by atoms with Gasteiger partial charge in [-0.25, -0.2) is 18.3 Å². The third-order valence-corrected chi connectivity index (χ3v) is 6.39. The highest BCUT2D eigenvalue weighted by atomic mass is 35.5. The molecule has 162 valence electrons. The molecule has 0 bridgehead atoms. The number of hydrogen-bond donors (Lipinski definition) is 2. The molecule has 1 aromatic heterocycles. The maximum absolute atomic E-state index is 12.8. The van der Waals surface area contributed by atoms with Gasteiger partial charge in [0.25, 0.3) is 21.8 Å². The lowest BCUT2D eigenvalue weighted by Crippen LogP contribution is -2.32. The molecule has 0 saturated carbocycles. The fourth-order valence-corrected chi connectivity index (χ4v) is 4.35. The zero-order valence-corrected chi connectivity index (χ0v) is 18.4. The van der Waals surface area contributed by atoms with Crippen molar-refractivity contribution in [2.24, 2.45) is 0 Å². The maximum atomic E-state index is 12.8. The average Bonchev–Trinajstić information content (AvgIpc) is 2.98. The second kappa shape index (κ2) is 8.62. The molecule has 11 heteroatoms. The van der Waals surface area contributed by atoms with E-state index in [1.807, 2.05) is 0 Å². The minimum atomic E-state index is -3.86. The monoisotopic (exact) mass is 488 g/mol. The second-order valence-electron chi connectivity index (χ2n) is 6.58. The van der Waals surface area contributed by atoms with Crippen LogP contribution in [0, 0.1) is 0 Å². The molecule has 0 saturated heterocycles. The van der Waals surface area contributed by atoms with Gasteiger partial charge in [-0.3, -0.25) is 14.3 Å². The van der Waals surface area contributed by atoms with E-state index < -0.39 is 21.8 Å². The standard InChI is InChI=1S/C21H14Cl2N4O4S/c22-13-4-3-5-15(12-13)27-20(28)18(23)19(21(27)29)25-14-7-9-16(10-8-14)32(30,31)26-17-6-1-2-11-24-17/h1-12,25H,(H,24,26). The summed E-state index contributed by atoms with van der Waals surface area (Å²) in [6.45, 7) is 0. The largest absolute Gasteiger partial charge is 0.350 e. The molecule has 1 aliphatic rings. The van der Waals surface area contributed by atoms with Crippen LogP contribution in [-0.4, -0.2) is 25.2 Å². The first kappa shape index (κ1) is 21.8. The molecular formula is C21H14Cl2N4O4S. The molecule has 3 aromatic rings. The summed E-state index contributed by atoms with van der Waals surface area (Å²) in [4.78, 5) is 30.2. The van der Waals surface area contributed by atoms with Gasteiger partial charge < -0.3 is 5.32 Å². The molecule has 2 amide bonds. The van der Waals surface area contributed by atoms with E-state index in [0.717, 1.165) is 4.90 Å². The zero-order chi connectivity index (χ0) is 22.9. The quantitative estimate of drug-likeness (QED) is 0.508. The van der Waals surface area contributed by atoms with Crippen LogP contribution in [0.5, 0.6) is 0 Å². The van der Waals surface area contributed by atoms with Crippen LogP contribution in [0.2, 0.25) is 5.02 Å². The second-order valence-corrected chi connectivity index (χ2v) is 9.08. The lowest BCUT2D eigenvalue weighted by atomic mass is 10.3. The topological polar surface area (TPSA) is 108 Å². The number of amides is 2. The van der Waals surface area contributed by atoms with Crippen LogP contribution in [0.3, 0.4) is 0 Å². The first-order valence-corrected chi connectivity index (χ1v) is 11.4. The highest BCUT2D eigenvalue weighted by Crippen LogP contribution is 2.31. The van der Waals surface area contributed by atoms with Gasteiger partial charge in [0.05, 0.1) is 10.6 Å². The molecule has 0 spiro atoms. The van der Waals surface area contributed by atoms with E-state index in [1.54, 1.807) is 30.3 Å². The summed E-state index contributed by atoms with van der Waals surface area (Å²) >= 11 is 12.1. The van der Waals surface area contributed by atoms with Crippen LogP contribution in [0.1, 0.15) is 0 Å². The minimum Gasteiger partial charge on any atom is -0.350 e.